The predicted octanol–water partition coefficient (Wildman–Crippen LogP) is 8.56. The first-order chi connectivity index (χ1) is 30.4. The highest BCUT2D eigenvalue weighted by molar-refractivity contribution is 8.47. The zero-order valence-electron chi connectivity index (χ0n) is 35.5. The lowest BCUT2D eigenvalue weighted by Crippen LogP contribution is -2.76. The van der Waals surface area contributed by atoms with Gasteiger partial charge in [0.1, 0.15) is 26.3 Å². The second-order valence-electron chi connectivity index (χ2n) is 15.9. The van der Waals surface area contributed by atoms with Crippen molar-refractivity contribution in [3.05, 3.63) is 192 Å². The number of β-lactam (4-membered cyclic amide) rings is 1. The van der Waals surface area contributed by atoms with Gasteiger partial charge in [0.05, 0.1) is 11.5 Å². The summed E-state index contributed by atoms with van der Waals surface area (Å²) >= 11 is 9.04. The number of carbonyl (C=O) groups excluding carboxylic acids is 2. The number of ether oxygens (including phenoxy) is 1. The SMILES string of the molecule is CCSC(=S)SC1N(C(C(=O)OCc2ccc([N+](=O)[O-])cc2)=P(c2ccccc2)(c2ccccc2)c2ccccc2)C(=O)C1(CO[Si](c1ccccc1)c1ccccc1)C(C)(C)C. The number of nitro groups is 1. The van der Waals surface area contributed by atoms with E-state index in [0.29, 0.717) is 9.09 Å². The van der Waals surface area contributed by atoms with Gasteiger partial charge in [0, 0.05) is 19.0 Å². The Bertz CT molecular complexity index is 2460. The highest BCUT2D eigenvalue weighted by Gasteiger charge is 2.69. The summed E-state index contributed by atoms with van der Waals surface area (Å²) in [5, 5.41) is 15.5. The van der Waals surface area contributed by atoms with Crippen molar-refractivity contribution in [3.63, 3.8) is 0 Å². The van der Waals surface area contributed by atoms with E-state index >= 15 is 9.59 Å². The van der Waals surface area contributed by atoms with E-state index in [4.69, 9.17) is 21.4 Å². The molecule has 0 N–H and O–H groups in total. The molecule has 0 aliphatic carbocycles. The fraction of sp³-hybridized carbons (Fsp3) is 0.200. The lowest BCUT2D eigenvalue weighted by Gasteiger charge is -2.61. The molecule has 7 rings (SSSR count). The van der Waals surface area contributed by atoms with Crippen LogP contribution in [0.2, 0.25) is 0 Å². The third kappa shape index (κ3) is 9.30. The molecule has 2 unspecified atom stereocenters. The lowest BCUT2D eigenvalue weighted by atomic mass is 9.61. The van der Waals surface area contributed by atoms with Crippen LogP contribution >= 0.6 is 42.6 Å². The molecule has 0 spiro atoms. The van der Waals surface area contributed by atoms with Crippen LogP contribution in [0.3, 0.4) is 0 Å². The van der Waals surface area contributed by atoms with Gasteiger partial charge in [-0.15, -0.1) is 11.8 Å². The predicted molar refractivity (Wildman–Crippen MR) is 268 cm³/mol. The van der Waals surface area contributed by atoms with Crippen molar-refractivity contribution in [2.24, 2.45) is 10.8 Å². The molecular formula is C50H48N2O6PS3Si. The molecule has 0 bridgehead atoms. The fourth-order valence-corrected chi connectivity index (χ4v) is 17.5. The molecule has 0 aromatic heterocycles. The van der Waals surface area contributed by atoms with Gasteiger partial charge in [-0.3, -0.25) is 19.8 Å². The number of amides is 1. The lowest BCUT2D eigenvalue weighted by molar-refractivity contribution is -0.384. The third-order valence-electron chi connectivity index (χ3n) is 11.3. The standard InChI is InChI=1S/C50H48N2O6PS3Si/c1-5-61-48(60)62-47-50(49(2,3)4,36-58-63(42-27-17-9-18-28-42)43-29-19-10-20-30-43)46(54)51(47)44(45(53)57-35-37-31-33-38(34-32-37)52(55)56)59(39-21-11-6-12-22-39,40-23-13-7-14-24-40)41-25-15-8-16-26-41/h6-34,47H,5,35-36H2,1-4H3. The molecule has 63 heavy (non-hydrogen) atoms. The van der Waals surface area contributed by atoms with Gasteiger partial charge >= 0.3 is 5.97 Å². The molecule has 13 heteroatoms. The molecule has 2 atom stereocenters. The Balaban J connectivity index is 1.49. The number of carbonyl (C=O) groups is 2. The normalized spacial score (nSPS) is 16.3. The molecule has 8 nitrogen and oxygen atoms in total. The van der Waals surface area contributed by atoms with E-state index in [-0.39, 0.29) is 30.2 Å². The number of nitrogens with zero attached hydrogens (tertiary/aromatic N) is 2. The average Bonchev–Trinajstić information content (AvgIpc) is 3.30. The van der Waals surface area contributed by atoms with E-state index in [1.807, 2.05) is 134 Å². The van der Waals surface area contributed by atoms with Crippen LogP contribution in [0.25, 0.3) is 0 Å². The maximum Gasteiger partial charge on any atom is 0.356 e. The largest absolute Gasteiger partial charge is 0.456 e. The maximum atomic E-state index is 16.1. The summed E-state index contributed by atoms with van der Waals surface area (Å²) in [4.78, 5) is 44.5. The topological polar surface area (TPSA) is 99.0 Å². The summed E-state index contributed by atoms with van der Waals surface area (Å²) in [5.74, 6) is -0.203. The number of likely N-dealkylation sites (tertiary alicyclic amines) is 1. The van der Waals surface area contributed by atoms with Gasteiger partial charge in [-0.05, 0) is 55.2 Å². The zero-order chi connectivity index (χ0) is 44.6. The molecule has 1 saturated heterocycles. The first-order valence-electron chi connectivity index (χ1n) is 20.5. The number of non-ortho nitro benzene ring substituents is 1. The van der Waals surface area contributed by atoms with Crippen LogP contribution in [0.15, 0.2) is 176 Å². The van der Waals surface area contributed by atoms with E-state index in [1.165, 1.54) is 35.7 Å². The van der Waals surface area contributed by atoms with E-state index in [9.17, 15) is 10.1 Å². The Hall–Kier alpha value is -5.07. The summed E-state index contributed by atoms with van der Waals surface area (Å²) in [6.07, 6.45) is 0. The Kier molecular flexibility index (Phi) is 14.7. The minimum atomic E-state index is -3.30. The number of benzene rings is 6. The van der Waals surface area contributed by atoms with E-state index in [1.54, 1.807) is 17.0 Å². The third-order valence-corrected chi connectivity index (χ3v) is 20.5. The maximum absolute atomic E-state index is 16.1. The van der Waals surface area contributed by atoms with Crippen LogP contribution in [0, 0.1) is 20.9 Å². The van der Waals surface area contributed by atoms with Crippen LogP contribution in [0.4, 0.5) is 5.69 Å². The van der Waals surface area contributed by atoms with Crippen molar-refractivity contribution >= 4 is 104 Å². The van der Waals surface area contributed by atoms with E-state index < -0.39 is 43.0 Å². The van der Waals surface area contributed by atoms with Gasteiger partial charge in [0.2, 0.25) is 5.91 Å². The molecule has 321 valence electrons. The van der Waals surface area contributed by atoms with Crippen LogP contribution in [-0.4, -0.2) is 57.4 Å². The Labute approximate surface area is 385 Å². The number of thiocarbonyl (C=S) groups is 1. The highest BCUT2D eigenvalue weighted by Crippen LogP contribution is 2.60. The molecule has 1 heterocycles. The van der Waals surface area contributed by atoms with Crippen LogP contribution < -0.4 is 26.3 Å². The molecule has 0 saturated carbocycles. The highest BCUT2D eigenvalue weighted by atomic mass is 32.2. The van der Waals surface area contributed by atoms with Gasteiger partial charge in [0.25, 0.3) is 14.7 Å². The number of rotatable bonds is 15. The Morgan fingerprint density at radius 3 is 1.62 bits per heavy atom. The molecule has 1 aliphatic heterocycles. The zero-order valence-corrected chi connectivity index (χ0v) is 39.8. The second-order valence-corrected chi connectivity index (χ2v) is 24.9. The quantitative estimate of drug-likeness (QED) is 0.0191. The van der Waals surface area contributed by atoms with Crippen molar-refractivity contribution in [3.8, 4) is 0 Å². The number of nitro benzene ring substituents is 1. The molecule has 6 aromatic carbocycles. The van der Waals surface area contributed by atoms with Crippen molar-refractivity contribution in [2.45, 2.75) is 39.7 Å². The first kappa shape index (κ1) is 45.9. The molecule has 1 amide bonds. The summed E-state index contributed by atoms with van der Waals surface area (Å²) in [5.41, 5.74) is -1.15. The summed E-state index contributed by atoms with van der Waals surface area (Å²) < 4.78 is 14.2. The molecule has 1 radical (unpaired) electrons. The number of hydrogen-bond donors (Lipinski definition) is 0. The van der Waals surface area contributed by atoms with Crippen molar-refractivity contribution in [1.82, 2.24) is 4.90 Å². The van der Waals surface area contributed by atoms with Gasteiger partial charge in [-0.25, -0.2) is 4.79 Å². The monoisotopic (exact) mass is 927 g/mol. The van der Waals surface area contributed by atoms with Gasteiger partial charge < -0.3 is 9.16 Å². The number of hydrogen-bond acceptors (Lipinski definition) is 9. The van der Waals surface area contributed by atoms with Gasteiger partial charge in [-0.1, -0.05) is 203 Å². The van der Waals surface area contributed by atoms with Crippen molar-refractivity contribution in [1.29, 1.82) is 0 Å². The van der Waals surface area contributed by atoms with Crippen molar-refractivity contribution in [2.75, 3.05) is 12.4 Å². The summed E-state index contributed by atoms with van der Waals surface area (Å²) in [6.45, 7) is 4.82. The number of thioether (sulfide) groups is 2. The van der Waals surface area contributed by atoms with Crippen LogP contribution in [0.5, 0.6) is 0 Å². The van der Waals surface area contributed by atoms with E-state index in [0.717, 1.165) is 32.0 Å². The minimum absolute atomic E-state index is 0.0690. The smallest absolute Gasteiger partial charge is 0.356 e. The van der Waals surface area contributed by atoms with Gasteiger partial charge in [0.15, 0.2) is 0 Å². The minimum Gasteiger partial charge on any atom is -0.456 e. The Morgan fingerprint density at radius 2 is 1.21 bits per heavy atom. The second kappa shape index (κ2) is 20.2. The molecule has 1 fully saturated rings. The van der Waals surface area contributed by atoms with Crippen LogP contribution in [-0.2, 0) is 25.4 Å². The average molecular weight is 928 g/mol. The molecular weight excluding hydrogens is 880 g/mol. The van der Waals surface area contributed by atoms with Crippen molar-refractivity contribution < 1.29 is 23.7 Å². The number of esters is 1. The molecule has 6 aromatic rings. The summed E-state index contributed by atoms with van der Waals surface area (Å²) in [7, 11) is -1.86. The summed E-state index contributed by atoms with van der Waals surface area (Å²) in [6, 6.07) is 55.9. The van der Waals surface area contributed by atoms with Crippen LogP contribution in [0.1, 0.15) is 33.3 Å². The Morgan fingerprint density at radius 1 is 0.762 bits per heavy atom. The van der Waals surface area contributed by atoms with Gasteiger partial charge in [-0.2, -0.15) is 0 Å². The van der Waals surface area contributed by atoms with E-state index in [2.05, 4.69) is 45.0 Å². The first-order valence-corrected chi connectivity index (χ1v) is 26.0. The molecule has 1 aliphatic rings. The fourth-order valence-electron chi connectivity index (χ4n) is 8.02.